The molecule has 84 valence electrons. The number of hydrogen-bond donors (Lipinski definition) is 0. The number of hydrogen-bond acceptors (Lipinski definition) is 3. The van der Waals surface area contributed by atoms with E-state index in [1.807, 2.05) is 12.3 Å². The van der Waals surface area contributed by atoms with Crippen LogP contribution in [0.4, 0.5) is 0 Å². The summed E-state index contributed by atoms with van der Waals surface area (Å²) in [6, 6.07) is 4.15. The predicted molar refractivity (Wildman–Crippen MR) is 75.5 cm³/mol. The van der Waals surface area contributed by atoms with Gasteiger partial charge in [-0.15, -0.1) is 0 Å². The summed E-state index contributed by atoms with van der Waals surface area (Å²) in [4.78, 5) is 4.36. The lowest BCUT2D eigenvalue weighted by Gasteiger charge is -2.21. The van der Waals surface area contributed by atoms with Gasteiger partial charge in [-0.1, -0.05) is 6.07 Å². The highest BCUT2D eigenvalue weighted by Crippen LogP contribution is 2.26. The number of halogens is 1. The van der Waals surface area contributed by atoms with E-state index < -0.39 is 0 Å². The first-order valence-corrected chi connectivity index (χ1v) is 8.58. The molecule has 1 fully saturated rings. The third-order valence-electron chi connectivity index (χ3n) is 2.70. The maximum absolute atomic E-state index is 5.35. The normalized spacial score (nSPS) is 16.6. The van der Waals surface area contributed by atoms with Crippen LogP contribution in [-0.2, 0) is 4.74 Å². The van der Waals surface area contributed by atoms with Crippen molar-refractivity contribution >= 4 is 30.1 Å². The van der Waals surface area contributed by atoms with Gasteiger partial charge in [0.1, 0.15) is 5.69 Å². The minimum Gasteiger partial charge on any atom is -0.381 e. The first-order chi connectivity index (χ1) is 7.90. The van der Waals surface area contributed by atoms with Crippen molar-refractivity contribution in [3.8, 4) is 11.2 Å². The van der Waals surface area contributed by atoms with Gasteiger partial charge in [0.2, 0.25) is 0 Å². The van der Waals surface area contributed by atoms with Gasteiger partial charge in [-0.2, -0.15) is 0 Å². The Balaban J connectivity index is 2.06. The fourth-order valence-corrected chi connectivity index (χ4v) is 2.30. The molecule has 0 amide bonds. The summed E-state index contributed by atoms with van der Waals surface area (Å²) in [5.74, 6) is 3.61. The highest BCUT2D eigenvalue weighted by atomic mass is 127. The van der Waals surface area contributed by atoms with Crippen LogP contribution in [0.3, 0.4) is 0 Å². The van der Waals surface area contributed by atoms with E-state index in [0.29, 0.717) is 5.92 Å². The average molecular weight is 345 g/mol. The third-order valence-corrected chi connectivity index (χ3v) is 3.54. The fraction of sp³-hybridized carbons (Fsp3) is 0.417. The lowest BCUT2D eigenvalue weighted by atomic mass is 9.93. The highest BCUT2D eigenvalue weighted by molar-refractivity contribution is 14.2. The second-order valence-electron chi connectivity index (χ2n) is 3.67. The maximum Gasteiger partial charge on any atom is 0.114 e. The molecule has 0 bridgehead atoms. The third kappa shape index (κ3) is 3.37. The van der Waals surface area contributed by atoms with Crippen LogP contribution in [0.25, 0.3) is 0 Å². The summed E-state index contributed by atoms with van der Waals surface area (Å²) in [6.45, 7) is 1.75. The molecule has 0 radical (unpaired) electrons. The summed E-state index contributed by atoms with van der Waals surface area (Å²) < 4.78 is 5.35. The molecule has 1 aromatic rings. The summed E-state index contributed by atoms with van der Waals surface area (Å²) >= 11 is 2.16. The van der Waals surface area contributed by atoms with E-state index in [-0.39, 0.29) is 0 Å². The Kier molecular flexibility index (Phi) is 4.94. The van der Waals surface area contributed by atoms with E-state index in [4.69, 9.17) is 4.74 Å². The van der Waals surface area contributed by atoms with Crippen molar-refractivity contribution in [1.29, 1.82) is 0 Å². The molecule has 0 unspecified atom stereocenters. The van der Waals surface area contributed by atoms with Crippen molar-refractivity contribution < 1.29 is 4.74 Å². The van der Waals surface area contributed by atoms with Crippen LogP contribution in [-0.4, -0.2) is 18.2 Å². The molecule has 0 aromatic carbocycles. The van der Waals surface area contributed by atoms with Gasteiger partial charge in [-0.25, -0.2) is 4.98 Å². The smallest absolute Gasteiger partial charge is 0.114 e. The van der Waals surface area contributed by atoms with Gasteiger partial charge in [0.05, 0.1) is 0 Å². The van der Waals surface area contributed by atoms with Crippen molar-refractivity contribution in [2.45, 2.75) is 18.8 Å². The van der Waals surface area contributed by atoms with Crippen molar-refractivity contribution in [3.05, 3.63) is 29.6 Å². The monoisotopic (exact) mass is 345 g/mol. The summed E-state index contributed by atoms with van der Waals surface area (Å²) in [5, 5.41) is 2.93. The van der Waals surface area contributed by atoms with Crippen molar-refractivity contribution in [2.75, 3.05) is 13.2 Å². The largest absolute Gasteiger partial charge is 0.381 e. The zero-order chi connectivity index (χ0) is 11.2. The van der Waals surface area contributed by atoms with Crippen molar-refractivity contribution in [1.82, 2.24) is 4.98 Å². The first-order valence-electron chi connectivity index (χ1n) is 5.22. The number of ether oxygens (including phenoxy) is 1. The van der Waals surface area contributed by atoms with Gasteiger partial charge < -0.3 is 4.74 Å². The molecule has 1 saturated heterocycles. The lowest BCUT2D eigenvalue weighted by Crippen LogP contribution is -2.14. The van der Waals surface area contributed by atoms with Gasteiger partial charge >= 0.3 is 0 Å². The van der Waals surface area contributed by atoms with E-state index in [2.05, 4.69) is 43.4 Å². The summed E-state index contributed by atoms with van der Waals surface area (Å²) in [7, 11) is 1.48. The van der Waals surface area contributed by atoms with Gasteiger partial charge in [-0.05, 0) is 50.5 Å². The van der Waals surface area contributed by atoms with Gasteiger partial charge in [-0.3, -0.25) is 0 Å². The van der Waals surface area contributed by atoms with Gasteiger partial charge in [0.15, 0.2) is 0 Å². The summed E-state index contributed by atoms with van der Waals surface area (Å²) in [6.07, 6.45) is 4.17. The molecule has 2 rings (SSSR count). The lowest BCUT2D eigenvalue weighted by molar-refractivity contribution is 0.0853. The number of rotatable bonds is 1. The molecule has 0 saturated carbocycles. The second kappa shape index (κ2) is 6.48. The Bertz CT molecular complexity index is 390. The standard InChI is InChI=1S/C12H12INOS/c13-16-8-5-12-2-1-11(9-14-12)10-3-6-15-7-4-10/h1-2,9-10H,3-4,6-7H2. The van der Waals surface area contributed by atoms with Crippen LogP contribution in [0.5, 0.6) is 0 Å². The number of nitrogens with zero attached hydrogens (tertiary/aromatic N) is 1. The number of aromatic nitrogens is 1. The van der Waals surface area contributed by atoms with Gasteiger partial charge in [0.25, 0.3) is 0 Å². The molecule has 0 atom stereocenters. The van der Waals surface area contributed by atoms with Crippen molar-refractivity contribution in [3.63, 3.8) is 0 Å². The molecule has 1 aliphatic heterocycles. The Labute approximate surface area is 112 Å². The minimum absolute atomic E-state index is 0.613. The highest BCUT2D eigenvalue weighted by Gasteiger charge is 2.15. The zero-order valence-corrected chi connectivity index (χ0v) is 11.8. The Morgan fingerprint density at radius 3 is 2.81 bits per heavy atom. The molecule has 1 aromatic heterocycles. The Morgan fingerprint density at radius 2 is 2.19 bits per heavy atom. The van der Waals surface area contributed by atoms with Crippen LogP contribution in [0.15, 0.2) is 18.3 Å². The molecule has 4 heteroatoms. The van der Waals surface area contributed by atoms with E-state index >= 15 is 0 Å². The van der Waals surface area contributed by atoms with Crippen LogP contribution in [0.1, 0.15) is 30.0 Å². The van der Waals surface area contributed by atoms with E-state index in [1.165, 1.54) is 14.5 Å². The van der Waals surface area contributed by atoms with E-state index in [0.717, 1.165) is 31.7 Å². The summed E-state index contributed by atoms with van der Waals surface area (Å²) in [5.41, 5.74) is 2.16. The molecule has 2 heterocycles. The van der Waals surface area contributed by atoms with Gasteiger partial charge in [0, 0.05) is 40.6 Å². The zero-order valence-electron chi connectivity index (χ0n) is 8.78. The van der Waals surface area contributed by atoms with E-state index in [1.54, 1.807) is 0 Å². The topological polar surface area (TPSA) is 22.1 Å². The number of pyridine rings is 1. The average Bonchev–Trinajstić information content (AvgIpc) is 2.38. The predicted octanol–water partition coefficient (Wildman–Crippen LogP) is 3.37. The van der Waals surface area contributed by atoms with Crippen LogP contribution in [0.2, 0.25) is 0 Å². The SMILES string of the molecule is ISC#Cc1ccc(C2CCOCC2)cn1. The van der Waals surface area contributed by atoms with Crippen molar-refractivity contribution in [2.24, 2.45) is 0 Å². The molecule has 2 nitrogen and oxygen atoms in total. The first kappa shape index (κ1) is 12.2. The minimum atomic E-state index is 0.613. The molecule has 0 N–H and O–H groups in total. The van der Waals surface area contributed by atoms with Crippen LogP contribution < -0.4 is 0 Å². The van der Waals surface area contributed by atoms with Crippen LogP contribution in [0, 0.1) is 11.2 Å². The molecule has 0 aliphatic carbocycles. The molecule has 1 aliphatic rings. The van der Waals surface area contributed by atoms with E-state index in [9.17, 15) is 0 Å². The van der Waals surface area contributed by atoms with Crippen LogP contribution >= 0.6 is 30.1 Å². The Hall–Kier alpha value is -0.250. The Morgan fingerprint density at radius 1 is 1.38 bits per heavy atom. The molecular weight excluding hydrogens is 333 g/mol. The fourth-order valence-electron chi connectivity index (χ4n) is 1.82. The second-order valence-corrected chi connectivity index (χ2v) is 5.35. The molecule has 0 spiro atoms. The molecule has 16 heavy (non-hydrogen) atoms. The quantitative estimate of drug-likeness (QED) is 0.576. The maximum atomic E-state index is 5.35. The molecular formula is C12H12INOS.